The molecule has 1 aromatic heterocycles. The number of nitrogens with one attached hydrogen (secondary N) is 2. The number of nitrogens with zero attached hydrogens (tertiary/aromatic N) is 3. The molecule has 0 aliphatic carbocycles. The second kappa shape index (κ2) is 8.95. The van der Waals surface area contributed by atoms with Gasteiger partial charge in [0, 0.05) is 29.7 Å². The molecule has 6 heteroatoms. The van der Waals surface area contributed by atoms with Crippen molar-refractivity contribution in [3.05, 3.63) is 53.1 Å². The molecule has 1 fully saturated rings. The summed E-state index contributed by atoms with van der Waals surface area (Å²) in [5.41, 5.74) is 3.83. The Kier molecular flexibility index (Phi) is 6.40. The lowest BCUT2D eigenvalue weighted by molar-refractivity contribution is 0.152. The number of benzene rings is 1. The van der Waals surface area contributed by atoms with Gasteiger partial charge in [-0.1, -0.05) is 18.6 Å². The summed E-state index contributed by atoms with van der Waals surface area (Å²) < 4.78 is 0. The summed E-state index contributed by atoms with van der Waals surface area (Å²) in [6.45, 7) is 8.52. The number of hydrogen-bond donors (Lipinski definition) is 2. The number of aryl methyl sites for hydroxylation is 2. The van der Waals surface area contributed by atoms with Gasteiger partial charge in [-0.3, -0.25) is 4.90 Å². The monoisotopic (exact) mass is 367 g/mol. The highest BCUT2D eigenvalue weighted by atomic mass is 16.2. The van der Waals surface area contributed by atoms with Gasteiger partial charge in [-0.2, -0.15) is 0 Å². The standard InChI is InChI=1S/C21H29N5O/c1-15-11-16(2)24-20(23-15)13-22-21(27)25-19-9-6-8-18(12-19)14-26-10-5-4-7-17(26)3/h6,8-9,11-12,17H,4-5,7,10,13-14H2,1-3H3,(H2,22,25,27). The predicted molar refractivity (Wildman–Crippen MR) is 108 cm³/mol. The van der Waals surface area contributed by atoms with Crippen LogP contribution in [-0.2, 0) is 13.1 Å². The fourth-order valence-corrected chi connectivity index (χ4v) is 3.59. The van der Waals surface area contributed by atoms with E-state index in [0.29, 0.717) is 18.4 Å². The average Bonchev–Trinajstić information content (AvgIpc) is 2.62. The third-order valence-corrected chi connectivity index (χ3v) is 4.95. The summed E-state index contributed by atoms with van der Waals surface area (Å²) in [5, 5.41) is 5.73. The molecule has 6 nitrogen and oxygen atoms in total. The van der Waals surface area contributed by atoms with Gasteiger partial charge in [-0.05, 0) is 63.9 Å². The SMILES string of the molecule is Cc1cc(C)nc(CNC(=O)Nc2cccc(CN3CCCCC3C)c2)n1. The van der Waals surface area contributed by atoms with Gasteiger partial charge < -0.3 is 10.6 Å². The summed E-state index contributed by atoms with van der Waals surface area (Å²) in [7, 11) is 0. The third kappa shape index (κ3) is 5.76. The van der Waals surface area contributed by atoms with E-state index < -0.39 is 0 Å². The zero-order chi connectivity index (χ0) is 19.2. The normalized spacial score (nSPS) is 17.5. The van der Waals surface area contributed by atoms with Crippen molar-refractivity contribution >= 4 is 11.7 Å². The van der Waals surface area contributed by atoms with Gasteiger partial charge in [0.1, 0.15) is 5.82 Å². The Bertz CT molecular complexity index is 772. The van der Waals surface area contributed by atoms with Crippen LogP contribution in [0.15, 0.2) is 30.3 Å². The summed E-state index contributed by atoms with van der Waals surface area (Å²) in [4.78, 5) is 23.4. The van der Waals surface area contributed by atoms with Crippen molar-refractivity contribution in [1.82, 2.24) is 20.2 Å². The quantitative estimate of drug-likeness (QED) is 0.843. The number of amides is 2. The highest BCUT2D eigenvalue weighted by molar-refractivity contribution is 5.89. The molecule has 0 bridgehead atoms. The lowest BCUT2D eigenvalue weighted by atomic mass is 10.0. The Morgan fingerprint density at radius 2 is 1.96 bits per heavy atom. The molecule has 0 spiro atoms. The molecule has 1 saturated heterocycles. The Morgan fingerprint density at radius 1 is 1.19 bits per heavy atom. The number of anilines is 1. The van der Waals surface area contributed by atoms with E-state index in [-0.39, 0.29) is 6.03 Å². The first kappa shape index (κ1) is 19.3. The second-order valence-electron chi connectivity index (χ2n) is 7.39. The van der Waals surface area contributed by atoms with Crippen molar-refractivity contribution in [3.8, 4) is 0 Å². The van der Waals surface area contributed by atoms with Crippen molar-refractivity contribution in [2.45, 2.75) is 59.2 Å². The van der Waals surface area contributed by atoms with E-state index in [1.807, 2.05) is 38.1 Å². The van der Waals surface area contributed by atoms with Gasteiger partial charge in [0.05, 0.1) is 6.54 Å². The number of urea groups is 1. The molecule has 27 heavy (non-hydrogen) atoms. The molecular formula is C21H29N5O. The summed E-state index contributed by atoms with van der Waals surface area (Å²) >= 11 is 0. The largest absolute Gasteiger partial charge is 0.331 e. The minimum absolute atomic E-state index is 0.249. The minimum Gasteiger partial charge on any atom is -0.331 e. The zero-order valence-electron chi connectivity index (χ0n) is 16.5. The molecule has 1 aromatic carbocycles. The van der Waals surface area contributed by atoms with E-state index in [2.05, 4.69) is 38.5 Å². The van der Waals surface area contributed by atoms with Crippen LogP contribution in [0, 0.1) is 13.8 Å². The maximum absolute atomic E-state index is 12.2. The van der Waals surface area contributed by atoms with Crippen molar-refractivity contribution in [2.75, 3.05) is 11.9 Å². The van der Waals surface area contributed by atoms with Crippen LogP contribution >= 0.6 is 0 Å². The average molecular weight is 367 g/mol. The molecule has 0 saturated carbocycles. The number of carbonyl (C=O) groups excluding carboxylic acids is 1. The number of hydrogen-bond acceptors (Lipinski definition) is 4. The zero-order valence-corrected chi connectivity index (χ0v) is 16.5. The second-order valence-corrected chi connectivity index (χ2v) is 7.39. The minimum atomic E-state index is -0.249. The van der Waals surface area contributed by atoms with Crippen LogP contribution < -0.4 is 10.6 Å². The van der Waals surface area contributed by atoms with Gasteiger partial charge in [-0.25, -0.2) is 14.8 Å². The van der Waals surface area contributed by atoms with Crippen LogP contribution in [0.3, 0.4) is 0 Å². The summed E-state index contributed by atoms with van der Waals surface area (Å²) in [5.74, 6) is 0.621. The maximum Gasteiger partial charge on any atom is 0.319 e. The fraction of sp³-hybridized carbons (Fsp3) is 0.476. The molecule has 1 atom stereocenters. The topological polar surface area (TPSA) is 70.2 Å². The summed E-state index contributed by atoms with van der Waals surface area (Å²) in [6, 6.07) is 10.4. The summed E-state index contributed by atoms with van der Waals surface area (Å²) in [6.07, 6.45) is 3.86. The maximum atomic E-state index is 12.2. The number of carbonyl (C=O) groups is 1. The van der Waals surface area contributed by atoms with Crippen molar-refractivity contribution in [2.24, 2.45) is 0 Å². The fourth-order valence-electron chi connectivity index (χ4n) is 3.59. The van der Waals surface area contributed by atoms with Gasteiger partial charge in [-0.15, -0.1) is 0 Å². The molecule has 2 aromatic rings. The Morgan fingerprint density at radius 3 is 2.70 bits per heavy atom. The molecule has 1 aliphatic rings. The lowest BCUT2D eigenvalue weighted by Crippen LogP contribution is -2.36. The van der Waals surface area contributed by atoms with Crippen LogP contribution in [0.2, 0.25) is 0 Å². The first-order valence-corrected chi connectivity index (χ1v) is 9.68. The van der Waals surface area contributed by atoms with E-state index >= 15 is 0 Å². The van der Waals surface area contributed by atoms with Gasteiger partial charge in [0.15, 0.2) is 0 Å². The first-order valence-electron chi connectivity index (χ1n) is 9.68. The molecule has 0 radical (unpaired) electrons. The third-order valence-electron chi connectivity index (χ3n) is 4.95. The number of rotatable bonds is 5. The first-order chi connectivity index (χ1) is 13.0. The van der Waals surface area contributed by atoms with E-state index in [9.17, 15) is 4.79 Å². The van der Waals surface area contributed by atoms with Crippen molar-refractivity contribution < 1.29 is 4.79 Å². The smallest absolute Gasteiger partial charge is 0.319 e. The van der Waals surface area contributed by atoms with Crippen LogP contribution in [0.25, 0.3) is 0 Å². The number of piperidine rings is 1. The van der Waals surface area contributed by atoms with Crippen LogP contribution in [0.4, 0.5) is 10.5 Å². The van der Waals surface area contributed by atoms with Crippen molar-refractivity contribution in [3.63, 3.8) is 0 Å². The molecule has 2 heterocycles. The Balaban J connectivity index is 1.54. The van der Waals surface area contributed by atoms with Crippen LogP contribution in [0.5, 0.6) is 0 Å². The van der Waals surface area contributed by atoms with Crippen LogP contribution in [-0.4, -0.2) is 33.5 Å². The van der Waals surface area contributed by atoms with E-state index in [0.717, 1.165) is 30.2 Å². The highest BCUT2D eigenvalue weighted by Gasteiger charge is 2.18. The van der Waals surface area contributed by atoms with Gasteiger partial charge in [0.2, 0.25) is 0 Å². The van der Waals surface area contributed by atoms with E-state index in [1.165, 1.54) is 24.8 Å². The lowest BCUT2D eigenvalue weighted by Gasteiger charge is -2.33. The van der Waals surface area contributed by atoms with Crippen molar-refractivity contribution in [1.29, 1.82) is 0 Å². The number of likely N-dealkylation sites (tertiary alicyclic amines) is 1. The molecule has 3 rings (SSSR count). The molecule has 1 unspecified atom stereocenters. The van der Waals surface area contributed by atoms with Crippen LogP contribution in [0.1, 0.15) is 49.0 Å². The Labute approximate surface area is 161 Å². The molecular weight excluding hydrogens is 338 g/mol. The van der Waals surface area contributed by atoms with E-state index in [4.69, 9.17) is 0 Å². The Hall–Kier alpha value is -2.47. The highest BCUT2D eigenvalue weighted by Crippen LogP contribution is 2.20. The molecule has 1 aliphatic heterocycles. The molecule has 2 amide bonds. The predicted octanol–water partition coefficient (Wildman–Crippen LogP) is 3.79. The number of aromatic nitrogens is 2. The van der Waals surface area contributed by atoms with Gasteiger partial charge in [0.25, 0.3) is 0 Å². The van der Waals surface area contributed by atoms with Gasteiger partial charge >= 0.3 is 6.03 Å². The molecule has 2 N–H and O–H groups in total. The molecule has 144 valence electrons. The van der Waals surface area contributed by atoms with E-state index in [1.54, 1.807) is 0 Å².